The van der Waals surface area contributed by atoms with Gasteiger partial charge in [0.15, 0.2) is 0 Å². The third-order valence-corrected chi connectivity index (χ3v) is 6.62. The zero-order valence-corrected chi connectivity index (χ0v) is 19.9. The highest BCUT2D eigenvalue weighted by Gasteiger charge is 2.25. The Kier molecular flexibility index (Phi) is 6.97. The number of benzene rings is 2. The Morgan fingerprint density at radius 1 is 1.27 bits per heavy atom. The van der Waals surface area contributed by atoms with Crippen LogP contribution >= 0.6 is 0 Å². The molecule has 1 aromatic heterocycles. The molecule has 1 atom stereocenters. The smallest absolute Gasteiger partial charge is 0.253 e. The Hall–Kier alpha value is -2.94. The number of H-pyrrole nitrogens is 1. The van der Waals surface area contributed by atoms with Crippen molar-refractivity contribution in [2.45, 2.75) is 25.2 Å². The molecule has 0 bridgehead atoms. The molecule has 8 heteroatoms. The van der Waals surface area contributed by atoms with Crippen molar-refractivity contribution in [3.63, 3.8) is 0 Å². The van der Waals surface area contributed by atoms with Gasteiger partial charge in [0.2, 0.25) is 0 Å². The van der Waals surface area contributed by atoms with Gasteiger partial charge in [-0.15, -0.1) is 0 Å². The van der Waals surface area contributed by atoms with Crippen molar-refractivity contribution in [2.75, 3.05) is 52.8 Å². The summed E-state index contributed by atoms with van der Waals surface area (Å²) in [5, 5.41) is 0. The summed E-state index contributed by atoms with van der Waals surface area (Å²) in [6.45, 7) is 2.45. The van der Waals surface area contributed by atoms with Gasteiger partial charge in [0.05, 0.1) is 35.7 Å². The summed E-state index contributed by atoms with van der Waals surface area (Å²) in [7, 11) is 7.72. The van der Waals surface area contributed by atoms with Crippen LogP contribution in [0.4, 0.5) is 5.69 Å². The quantitative estimate of drug-likeness (QED) is 0.324. The van der Waals surface area contributed by atoms with E-state index in [-0.39, 0.29) is 0 Å². The molecule has 0 saturated heterocycles. The second-order valence-corrected chi connectivity index (χ2v) is 9.07. The molecule has 0 aliphatic heterocycles. The molecule has 4 rings (SSSR count). The number of aromatic nitrogens is 2. The Labute approximate surface area is 195 Å². The maximum absolute atomic E-state index is 12.5. The number of nitrogens with two attached hydrogens (primary N) is 1. The molecule has 2 aromatic carbocycles. The Morgan fingerprint density at radius 2 is 2.09 bits per heavy atom. The predicted molar refractivity (Wildman–Crippen MR) is 133 cm³/mol. The van der Waals surface area contributed by atoms with Crippen LogP contribution in [0.15, 0.2) is 30.6 Å². The highest BCUT2D eigenvalue weighted by molar-refractivity contribution is 6.12. The van der Waals surface area contributed by atoms with E-state index in [9.17, 15) is 4.79 Å². The monoisotopic (exact) mass is 450 g/mol. The number of aromatic amines is 1. The van der Waals surface area contributed by atoms with Crippen molar-refractivity contribution in [3.05, 3.63) is 47.3 Å². The minimum atomic E-state index is -0.456. The van der Waals surface area contributed by atoms with E-state index in [1.807, 2.05) is 21.1 Å². The van der Waals surface area contributed by atoms with E-state index >= 15 is 0 Å². The first-order valence-electron chi connectivity index (χ1n) is 11.5. The average Bonchev–Trinajstić information content (AvgIpc) is 3.43. The van der Waals surface area contributed by atoms with Crippen LogP contribution in [0.1, 0.15) is 40.2 Å². The van der Waals surface area contributed by atoms with E-state index in [4.69, 9.17) is 10.6 Å². The van der Waals surface area contributed by atoms with Gasteiger partial charge in [-0.25, -0.2) is 10.5 Å². The fourth-order valence-electron chi connectivity index (χ4n) is 4.83. The van der Waals surface area contributed by atoms with Crippen LogP contribution in [0.25, 0.3) is 22.2 Å². The molecule has 1 amide bonds. The van der Waals surface area contributed by atoms with Crippen LogP contribution < -0.4 is 16.1 Å². The zero-order valence-electron chi connectivity index (χ0n) is 19.9. The number of fused-ring (bicyclic) bond motifs is 2. The lowest BCUT2D eigenvalue weighted by Gasteiger charge is -2.25. The summed E-state index contributed by atoms with van der Waals surface area (Å²) >= 11 is 0. The molecule has 1 aliphatic carbocycles. The van der Waals surface area contributed by atoms with Gasteiger partial charge in [-0.1, -0.05) is 18.2 Å². The van der Waals surface area contributed by atoms with Gasteiger partial charge in [-0.3, -0.25) is 4.79 Å². The normalized spacial score (nSPS) is 15.4. The number of aryl methyl sites for hydroxylation is 1. The summed E-state index contributed by atoms with van der Waals surface area (Å²) in [4.78, 5) is 29.4. The maximum Gasteiger partial charge on any atom is 0.253 e. The molecule has 0 radical (unpaired) electrons. The van der Waals surface area contributed by atoms with E-state index in [0.717, 1.165) is 61.2 Å². The standard InChI is InChI=1S/C25H34N6O2/c1-30(2)11-12-31(3)21-14-20(23-24(28-15-27-23)22(21)25(26)32)18-8-7-16-5-6-17(19(16)13-18)9-10-29-33-4/h7-8,13-15,17,29H,5-6,9-12H2,1-4H3,(H2,26,32)(H,27,28). The highest BCUT2D eigenvalue weighted by atomic mass is 16.6. The minimum Gasteiger partial charge on any atom is -0.373 e. The number of nitrogens with zero attached hydrogens (tertiary/aromatic N) is 3. The van der Waals surface area contributed by atoms with Crippen LogP contribution in [0.5, 0.6) is 0 Å². The summed E-state index contributed by atoms with van der Waals surface area (Å²) in [6.07, 6.45) is 4.92. The van der Waals surface area contributed by atoms with Crippen LogP contribution in [0, 0.1) is 0 Å². The molecular weight excluding hydrogens is 416 g/mol. The number of carbonyl (C=O) groups excluding carboxylic acids is 1. The van der Waals surface area contributed by atoms with E-state index in [1.165, 1.54) is 11.1 Å². The fraction of sp³-hybridized carbons (Fsp3) is 0.440. The highest BCUT2D eigenvalue weighted by Crippen LogP contribution is 2.40. The molecule has 8 nitrogen and oxygen atoms in total. The third-order valence-electron chi connectivity index (χ3n) is 6.62. The van der Waals surface area contributed by atoms with Crippen molar-refractivity contribution in [1.29, 1.82) is 0 Å². The molecule has 1 aliphatic rings. The maximum atomic E-state index is 12.5. The van der Waals surface area contributed by atoms with Gasteiger partial charge in [-0.2, -0.15) is 0 Å². The minimum absolute atomic E-state index is 0.456. The van der Waals surface area contributed by atoms with Gasteiger partial charge in [0, 0.05) is 32.2 Å². The number of anilines is 1. The summed E-state index contributed by atoms with van der Waals surface area (Å²) in [5.41, 5.74) is 16.5. The van der Waals surface area contributed by atoms with Gasteiger partial charge < -0.3 is 25.4 Å². The molecule has 0 fully saturated rings. The SMILES string of the molecule is CONCCC1CCc2ccc(-c3cc(N(C)CCN(C)C)c(C(N)=O)c4[nH]cnc34)cc21. The molecule has 33 heavy (non-hydrogen) atoms. The fourth-order valence-corrected chi connectivity index (χ4v) is 4.83. The van der Waals surface area contributed by atoms with Crippen LogP contribution in [-0.4, -0.2) is 68.7 Å². The number of imidazole rings is 1. The lowest BCUT2D eigenvalue weighted by Crippen LogP contribution is -2.30. The van der Waals surface area contributed by atoms with E-state index in [0.29, 0.717) is 17.0 Å². The van der Waals surface area contributed by atoms with Crippen molar-refractivity contribution < 1.29 is 9.63 Å². The Balaban J connectivity index is 1.79. The summed E-state index contributed by atoms with van der Waals surface area (Å²) in [6, 6.07) is 8.78. The average molecular weight is 451 g/mol. The molecule has 0 spiro atoms. The van der Waals surface area contributed by atoms with Gasteiger partial charge in [-0.05, 0) is 62.0 Å². The number of rotatable bonds is 10. The van der Waals surface area contributed by atoms with Crippen LogP contribution in [0.2, 0.25) is 0 Å². The molecule has 1 heterocycles. The van der Waals surface area contributed by atoms with Crippen LogP contribution in [-0.2, 0) is 11.3 Å². The molecule has 4 N–H and O–H groups in total. The second kappa shape index (κ2) is 9.91. The number of hydrogen-bond donors (Lipinski definition) is 3. The molecule has 176 valence electrons. The number of nitrogens with one attached hydrogen (secondary N) is 2. The number of hydrogen-bond acceptors (Lipinski definition) is 6. The van der Waals surface area contributed by atoms with E-state index < -0.39 is 5.91 Å². The molecule has 0 saturated carbocycles. The van der Waals surface area contributed by atoms with E-state index in [2.05, 4.69) is 49.5 Å². The van der Waals surface area contributed by atoms with Crippen molar-refractivity contribution >= 4 is 22.6 Å². The third kappa shape index (κ3) is 4.73. The van der Waals surface area contributed by atoms with Gasteiger partial charge in [0.25, 0.3) is 5.91 Å². The largest absolute Gasteiger partial charge is 0.373 e. The first kappa shape index (κ1) is 23.2. The summed E-state index contributed by atoms with van der Waals surface area (Å²) < 4.78 is 0. The first-order valence-corrected chi connectivity index (χ1v) is 11.5. The predicted octanol–water partition coefficient (Wildman–Crippen LogP) is 2.90. The Morgan fingerprint density at radius 3 is 2.82 bits per heavy atom. The Bertz CT molecular complexity index is 1140. The van der Waals surface area contributed by atoms with Gasteiger partial charge >= 0.3 is 0 Å². The molecular formula is C25H34N6O2. The number of likely N-dealkylation sites (N-methyl/N-ethyl adjacent to an activating group) is 2. The number of carbonyl (C=O) groups is 1. The van der Waals surface area contributed by atoms with Crippen molar-refractivity contribution in [2.24, 2.45) is 5.73 Å². The molecule has 1 unspecified atom stereocenters. The summed E-state index contributed by atoms with van der Waals surface area (Å²) in [5.74, 6) is 0.0477. The lowest BCUT2D eigenvalue weighted by molar-refractivity contribution is 0.0895. The van der Waals surface area contributed by atoms with Crippen molar-refractivity contribution in [1.82, 2.24) is 20.3 Å². The van der Waals surface area contributed by atoms with Gasteiger partial charge in [0.1, 0.15) is 0 Å². The van der Waals surface area contributed by atoms with Crippen LogP contribution in [0.3, 0.4) is 0 Å². The molecule has 3 aromatic rings. The number of primary amides is 1. The topological polar surface area (TPSA) is 99.5 Å². The second-order valence-electron chi connectivity index (χ2n) is 9.07. The zero-order chi connectivity index (χ0) is 23.5. The van der Waals surface area contributed by atoms with E-state index in [1.54, 1.807) is 13.4 Å². The number of amides is 1. The van der Waals surface area contributed by atoms with Crippen molar-refractivity contribution in [3.8, 4) is 11.1 Å². The first-order chi connectivity index (χ1) is 15.9. The number of hydroxylamine groups is 1. The lowest BCUT2D eigenvalue weighted by atomic mass is 9.92.